The van der Waals surface area contributed by atoms with Gasteiger partial charge in [-0.15, -0.1) is 0 Å². The number of H-pyrrole nitrogens is 1. The molecule has 2 aliphatic rings. The predicted octanol–water partition coefficient (Wildman–Crippen LogP) is 1.74. The van der Waals surface area contributed by atoms with Crippen LogP contribution in [0, 0.1) is 5.92 Å². The first kappa shape index (κ1) is 16.0. The van der Waals surface area contributed by atoms with Crippen molar-refractivity contribution in [2.45, 2.75) is 38.0 Å². The third-order valence-electron chi connectivity index (χ3n) is 4.78. The summed E-state index contributed by atoms with van der Waals surface area (Å²) < 4.78 is 32.3. The van der Waals surface area contributed by atoms with Crippen molar-refractivity contribution in [1.82, 2.24) is 14.5 Å². The SMILES string of the molecule is O=S(=O)(CCC1CCCOC1)N1CCCC(c2ccn[nH]2)C1. The molecule has 0 radical (unpaired) electrons. The van der Waals surface area contributed by atoms with E-state index in [-0.39, 0.29) is 11.7 Å². The zero-order valence-corrected chi connectivity index (χ0v) is 13.7. The molecule has 0 aliphatic carbocycles. The molecule has 0 bridgehead atoms. The fourth-order valence-corrected chi connectivity index (χ4v) is 5.13. The molecule has 2 aliphatic heterocycles. The molecule has 2 saturated heterocycles. The standard InChI is InChI=1S/C15H25N3O3S/c19-22(20,10-6-13-3-2-9-21-12-13)18-8-1-4-14(11-18)15-5-7-16-17-15/h5,7,13-14H,1-4,6,8-12H2,(H,16,17). The first-order chi connectivity index (χ1) is 10.6. The minimum atomic E-state index is -3.16. The normalized spacial score (nSPS) is 27.8. The molecule has 2 fully saturated rings. The van der Waals surface area contributed by atoms with Gasteiger partial charge in [0, 0.05) is 44.1 Å². The lowest BCUT2D eigenvalue weighted by molar-refractivity contribution is 0.0537. The number of nitrogens with one attached hydrogen (secondary N) is 1. The highest BCUT2D eigenvalue weighted by molar-refractivity contribution is 7.89. The number of piperidine rings is 1. The Labute approximate surface area is 132 Å². The van der Waals surface area contributed by atoms with Crippen LogP contribution in [0.1, 0.15) is 43.7 Å². The van der Waals surface area contributed by atoms with E-state index in [2.05, 4.69) is 10.2 Å². The van der Waals surface area contributed by atoms with Crippen molar-refractivity contribution < 1.29 is 13.2 Å². The summed E-state index contributed by atoms with van der Waals surface area (Å²) >= 11 is 0. The first-order valence-electron chi connectivity index (χ1n) is 8.20. The third kappa shape index (κ3) is 3.88. The van der Waals surface area contributed by atoms with Crippen molar-refractivity contribution in [1.29, 1.82) is 0 Å². The molecule has 22 heavy (non-hydrogen) atoms. The van der Waals surface area contributed by atoms with Crippen LogP contribution >= 0.6 is 0 Å². The molecule has 6 nitrogen and oxygen atoms in total. The maximum absolute atomic E-state index is 12.6. The van der Waals surface area contributed by atoms with Crippen LogP contribution in [-0.2, 0) is 14.8 Å². The summed E-state index contributed by atoms with van der Waals surface area (Å²) in [6, 6.07) is 1.94. The smallest absolute Gasteiger partial charge is 0.214 e. The Balaban J connectivity index is 1.56. The molecule has 124 valence electrons. The van der Waals surface area contributed by atoms with Gasteiger partial charge in [-0.2, -0.15) is 5.10 Å². The molecule has 2 unspecified atom stereocenters. The van der Waals surface area contributed by atoms with Crippen LogP contribution in [0.25, 0.3) is 0 Å². The number of rotatable bonds is 5. The van der Waals surface area contributed by atoms with E-state index in [1.165, 1.54) is 0 Å². The number of ether oxygens (including phenoxy) is 1. The molecule has 3 heterocycles. The highest BCUT2D eigenvalue weighted by Gasteiger charge is 2.30. The van der Waals surface area contributed by atoms with E-state index < -0.39 is 10.0 Å². The Morgan fingerprint density at radius 3 is 3.00 bits per heavy atom. The lowest BCUT2D eigenvalue weighted by Crippen LogP contribution is -2.40. The summed E-state index contributed by atoms with van der Waals surface area (Å²) in [4.78, 5) is 0. The maximum Gasteiger partial charge on any atom is 0.214 e. The van der Waals surface area contributed by atoms with E-state index >= 15 is 0 Å². The lowest BCUT2D eigenvalue weighted by atomic mass is 9.96. The first-order valence-corrected chi connectivity index (χ1v) is 9.81. The van der Waals surface area contributed by atoms with Crippen molar-refractivity contribution in [3.63, 3.8) is 0 Å². The van der Waals surface area contributed by atoms with Gasteiger partial charge in [0.2, 0.25) is 10.0 Å². The molecule has 1 aromatic heterocycles. The number of aromatic amines is 1. The highest BCUT2D eigenvalue weighted by Crippen LogP contribution is 2.28. The molecule has 7 heteroatoms. The van der Waals surface area contributed by atoms with E-state index in [1.807, 2.05) is 6.07 Å². The fourth-order valence-electron chi connectivity index (χ4n) is 3.42. The number of hydrogen-bond donors (Lipinski definition) is 1. The van der Waals surface area contributed by atoms with Crippen molar-refractivity contribution in [2.24, 2.45) is 5.92 Å². The molecule has 0 aromatic carbocycles. The topological polar surface area (TPSA) is 75.3 Å². The third-order valence-corrected chi connectivity index (χ3v) is 6.65. The van der Waals surface area contributed by atoms with Gasteiger partial charge in [-0.05, 0) is 44.1 Å². The minimum Gasteiger partial charge on any atom is -0.381 e. The van der Waals surface area contributed by atoms with Gasteiger partial charge in [0.05, 0.1) is 5.75 Å². The number of hydrogen-bond acceptors (Lipinski definition) is 4. The van der Waals surface area contributed by atoms with Crippen molar-refractivity contribution in [3.05, 3.63) is 18.0 Å². The molecule has 3 rings (SSSR count). The molecule has 2 atom stereocenters. The van der Waals surface area contributed by atoms with Crippen LogP contribution in [0.4, 0.5) is 0 Å². The minimum absolute atomic E-state index is 0.240. The molecule has 0 amide bonds. The Morgan fingerprint density at radius 2 is 2.27 bits per heavy atom. The monoisotopic (exact) mass is 327 g/mol. The summed E-state index contributed by atoms with van der Waals surface area (Å²) in [7, 11) is -3.16. The fraction of sp³-hybridized carbons (Fsp3) is 0.800. The van der Waals surface area contributed by atoms with Gasteiger partial charge in [-0.25, -0.2) is 12.7 Å². The van der Waals surface area contributed by atoms with Crippen molar-refractivity contribution in [2.75, 3.05) is 32.1 Å². The Bertz CT molecular complexity index is 553. The zero-order chi connectivity index (χ0) is 15.4. The molecule has 0 spiro atoms. The molecule has 1 aromatic rings. The van der Waals surface area contributed by atoms with Crippen LogP contribution < -0.4 is 0 Å². The summed E-state index contributed by atoms with van der Waals surface area (Å²) in [5.74, 6) is 0.886. The van der Waals surface area contributed by atoms with Gasteiger partial charge >= 0.3 is 0 Å². The maximum atomic E-state index is 12.6. The largest absolute Gasteiger partial charge is 0.381 e. The van der Waals surface area contributed by atoms with E-state index in [4.69, 9.17) is 4.74 Å². The Kier molecular flexibility index (Phi) is 5.15. The average Bonchev–Trinajstić information content (AvgIpc) is 3.09. The van der Waals surface area contributed by atoms with Crippen molar-refractivity contribution in [3.8, 4) is 0 Å². The molecule has 0 saturated carbocycles. The van der Waals surface area contributed by atoms with Crippen molar-refractivity contribution >= 4 is 10.0 Å². The van der Waals surface area contributed by atoms with Gasteiger partial charge in [-0.1, -0.05) is 0 Å². The van der Waals surface area contributed by atoms with E-state index in [9.17, 15) is 8.42 Å². The zero-order valence-electron chi connectivity index (χ0n) is 12.9. The van der Waals surface area contributed by atoms with E-state index in [1.54, 1.807) is 10.5 Å². The number of aromatic nitrogens is 2. The van der Waals surface area contributed by atoms with Crippen LogP contribution in [0.15, 0.2) is 12.3 Å². The van der Waals surface area contributed by atoms with Crippen LogP contribution in [0.3, 0.4) is 0 Å². The Morgan fingerprint density at radius 1 is 1.36 bits per heavy atom. The van der Waals surface area contributed by atoms with Gasteiger partial charge in [0.25, 0.3) is 0 Å². The Hall–Kier alpha value is -0.920. The van der Waals surface area contributed by atoms with Gasteiger partial charge < -0.3 is 4.74 Å². The second kappa shape index (κ2) is 7.10. The quantitative estimate of drug-likeness (QED) is 0.894. The second-order valence-corrected chi connectivity index (χ2v) is 8.49. The van der Waals surface area contributed by atoms with E-state index in [0.29, 0.717) is 32.0 Å². The van der Waals surface area contributed by atoms with Crippen LogP contribution in [-0.4, -0.2) is 55.0 Å². The summed E-state index contributed by atoms with van der Waals surface area (Å²) in [5, 5.41) is 6.95. The summed E-state index contributed by atoms with van der Waals surface area (Å²) in [5.41, 5.74) is 1.04. The summed E-state index contributed by atoms with van der Waals surface area (Å²) in [6.45, 7) is 2.76. The summed E-state index contributed by atoms with van der Waals surface area (Å²) in [6.07, 6.45) is 6.52. The molecular weight excluding hydrogens is 302 g/mol. The molecule has 1 N–H and O–H groups in total. The van der Waals surface area contributed by atoms with E-state index in [0.717, 1.165) is 38.0 Å². The lowest BCUT2D eigenvalue weighted by Gasteiger charge is -2.32. The second-order valence-electron chi connectivity index (χ2n) is 6.40. The number of sulfonamides is 1. The van der Waals surface area contributed by atoms with Gasteiger partial charge in [0.1, 0.15) is 0 Å². The van der Waals surface area contributed by atoms with Crippen LogP contribution in [0.5, 0.6) is 0 Å². The number of nitrogens with zero attached hydrogens (tertiary/aromatic N) is 2. The highest BCUT2D eigenvalue weighted by atomic mass is 32.2. The van der Waals surface area contributed by atoms with Crippen LogP contribution in [0.2, 0.25) is 0 Å². The average molecular weight is 327 g/mol. The predicted molar refractivity (Wildman–Crippen MR) is 84.1 cm³/mol. The molecular formula is C15H25N3O3S. The van der Waals surface area contributed by atoms with Gasteiger partial charge in [0.15, 0.2) is 0 Å². The van der Waals surface area contributed by atoms with Gasteiger partial charge in [-0.3, -0.25) is 5.10 Å².